The summed E-state index contributed by atoms with van der Waals surface area (Å²) in [5, 5.41) is 0. The Hall–Kier alpha value is -3.15. The lowest BCUT2D eigenvalue weighted by Gasteiger charge is -2.33. The number of fused-ring (bicyclic) bond motifs is 1. The number of hydrogen-bond acceptors (Lipinski definition) is 3. The van der Waals surface area contributed by atoms with Gasteiger partial charge in [-0.3, -0.25) is 9.59 Å². The zero-order valence-electron chi connectivity index (χ0n) is 17.1. The predicted octanol–water partition coefficient (Wildman–Crippen LogP) is 3.83. The summed E-state index contributed by atoms with van der Waals surface area (Å²) in [5.41, 5.74) is 3.03. The van der Waals surface area contributed by atoms with Crippen LogP contribution in [0.25, 0.3) is 6.08 Å². The van der Waals surface area contributed by atoms with E-state index < -0.39 is 0 Å². The Morgan fingerprint density at radius 1 is 1.00 bits per heavy atom. The lowest BCUT2D eigenvalue weighted by Crippen LogP contribution is -2.39. The van der Waals surface area contributed by atoms with Gasteiger partial charge in [0, 0.05) is 45.0 Å². The third kappa shape index (κ3) is 4.22. The molecule has 30 heavy (non-hydrogen) atoms. The molecule has 0 aliphatic carbocycles. The van der Waals surface area contributed by atoms with Gasteiger partial charge in [0.25, 0.3) is 0 Å². The van der Waals surface area contributed by atoms with Crippen LogP contribution in [-0.4, -0.2) is 47.8 Å². The number of hydrogen-bond donors (Lipinski definition) is 0. The van der Waals surface area contributed by atoms with Crippen molar-refractivity contribution in [3.05, 3.63) is 71.7 Å². The molecule has 2 amide bonds. The van der Waals surface area contributed by atoms with Gasteiger partial charge in [-0.2, -0.15) is 0 Å². The molecule has 0 bridgehead atoms. The Morgan fingerprint density at radius 2 is 1.77 bits per heavy atom. The molecule has 1 saturated heterocycles. The quantitative estimate of drug-likeness (QED) is 0.777. The summed E-state index contributed by atoms with van der Waals surface area (Å²) in [6.07, 6.45) is 4.81. The molecule has 4 rings (SSSR count). The third-order valence-electron chi connectivity index (χ3n) is 5.88. The maximum Gasteiger partial charge on any atom is 0.225 e. The third-order valence-corrected chi connectivity index (χ3v) is 5.88. The van der Waals surface area contributed by atoms with E-state index in [0.717, 1.165) is 29.8 Å². The van der Waals surface area contributed by atoms with Crippen LogP contribution in [0, 0.1) is 5.82 Å². The number of carbonyl (C=O) groups is 2. The van der Waals surface area contributed by atoms with Crippen LogP contribution >= 0.6 is 0 Å². The minimum Gasteiger partial charge on any atom is -0.370 e. The van der Waals surface area contributed by atoms with Crippen molar-refractivity contribution in [3.8, 4) is 0 Å². The summed E-state index contributed by atoms with van der Waals surface area (Å²) in [6.45, 7) is 4.35. The van der Waals surface area contributed by atoms with Gasteiger partial charge in [0.1, 0.15) is 5.82 Å². The molecule has 0 radical (unpaired) electrons. The van der Waals surface area contributed by atoms with Crippen molar-refractivity contribution in [2.75, 3.05) is 31.1 Å². The molecule has 2 aromatic carbocycles. The predicted molar refractivity (Wildman–Crippen MR) is 115 cm³/mol. The summed E-state index contributed by atoms with van der Waals surface area (Å²) in [5.74, 6) is -0.267. The van der Waals surface area contributed by atoms with Crippen LogP contribution in [0.1, 0.15) is 36.9 Å². The molecule has 2 aromatic rings. The van der Waals surface area contributed by atoms with Crippen molar-refractivity contribution in [3.63, 3.8) is 0 Å². The Morgan fingerprint density at radius 3 is 2.53 bits per heavy atom. The van der Waals surface area contributed by atoms with E-state index in [4.69, 9.17) is 0 Å². The number of rotatable bonds is 3. The first-order chi connectivity index (χ1) is 14.5. The van der Waals surface area contributed by atoms with Gasteiger partial charge in [-0.15, -0.1) is 0 Å². The second-order valence-corrected chi connectivity index (χ2v) is 7.79. The molecular formula is C24H26FN3O2. The highest BCUT2D eigenvalue weighted by Crippen LogP contribution is 2.33. The number of halogens is 1. The average molecular weight is 407 g/mol. The molecule has 1 atom stereocenters. The molecule has 0 N–H and O–H groups in total. The zero-order valence-corrected chi connectivity index (χ0v) is 17.1. The highest BCUT2D eigenvalue weighted by atomic mass is 19.1. The number of amides is 2. The molecule has 1 unspecified atom stereocenters. The van der Waals surface area contributed by atoms with Crippen molar-refractivity contribution in [2.45, 2.75) is 25.8 Å². The van der Waals surface area contributed by atoms with E-state index in [1.54, 1.807) is 23.2 Å². The highest BCUT2D eigenvalue weighted by Gasteiger charge is 2.30. The van der Waals surface area contributed by atoms with Crippen LogP contribution < -0.4 is 4.90 Å². The van der Waals surface area contributed by atoms with Gasteiger partial charge in [-0.05, 0) is 47.9 Å². The lowest BCUT2D eigenvalue weighted by molar-refractivity contribution is -0.134. The standard InChI is InChI=1S/C24H26FN3O2/c1-18(29)28-14-11-19-5-2-3-6-22(19)23(28)17-24(30)27-13-4-12-26(15-16-27)21-9-7-20(25)8-10-21/h2-3,5-11,14,23H,4,12-13,15-17H2,1H3. The van der Waals surface area contributed by atoms with Crippen LogP contribution in [-0.2, 0) is 9.59 Å². The normalized spacial score (nSPS) is 18.7. The van der Waals surface area contributed by atoms with Crippen molar-refractivity contribution in [1.82, 2.24) is 9.80 Å². The minimum atomic E-state index is -0.285. The molecular weight excluding hydrogens is 381 g/mol. The van der Waals surface area contributed by atoms with E-state index in [0.29, 0.717) is 19.6 Å². The first kappa shape index (κ1) is 20.1. The topological polar surface area (TPSA) is 43.9 Å². The van der Waals surface area contributed by atoms with Gasteiger partial charge >= 0.3 is 0 Å². The molecule has 5 nitrogen and oxygen atoms in total. The summed E-state index contributed by atoms with van der Waals surface area (Å²) in [7, 11) is 0. The number of anilines is 1. The Bertz CT molecular complexity index is 957. The van der Waals surface area contributed by atoms with Crippen molar-refractivity contribution >= 4 is 23.6 Å². The summed E-state index contributed by atoms with van der Waals surface area (Å²) >= 11 is 0. The fraction of sp³-hybridized carbons (Fsp3) is 0.333. The SMILES string of the molecule is CC(=O)N1C=Cc2ccccc2C1CC(=O)N1CCCN(c2ccc(F)cc2)CC1. The highest BCUT2D eigenvalue weighted by molar-refractivity contribution is 5.82. The first-order valence-electron chi connectivity index (χ1n) is 10.4. The Kier molecular flexibility index (Phi) is 5.84. The summed E-state index contributed by atoms with van der Waals surface area (Å²) in [6, 6.07) is 14.1. The summed E-state index contributed by atoms with van der Waals surface area (Å²) < 4.78 is 13.2. The van der Waals surface area contributed by atoms with Gasteiger partial charge in [0.15, 0.2) is 0 Å². The van der Waals surface area contributed by atoms with Crippen molar-refractivity contribution in [2.24, 2.45) is 0 Å². The van der Waals surface area contributed by atoms with Gasteiger partial charge < -0.3 is 14.7 Å². The second kappa shape index (κ2) is 8.69. The minimum absolute atomic E-state index is 0.0531. The van der Waals surface area contributed by atoms with E-state index in [-0.39, 0.29) is 30.1 Å². The second-order valence-electron chi connectivity index (χ2n) is 7.79. The number of nitrogens with zero attached hydrogens (tertiary/aromatic N) is 3. The Balaban J connectivity index is 1.46. The smallest absolute Gasteiger partial charge is 0.225 e. The van der Waals surface area contributed by atoms with Crippen LogP contribution in [0.3, 0.4) is 0 Å². The van der Waals surface area contributed by atoms with Crippen LogP contribution in [0.15, 0.2) is 54.7 Å². The van der Waals surface area contributed by atoms with Gasteiger partial charge in [-0.1, -0.05) is 24.3 Å². The van der Waals surface area contributed by atoms with Crippen molar-refractivity contribution in [1.29, 1.82) is 0 Å². The largest absolute Gasteiger partial charge is 0.370 e. The fourth-order valence-corrected chi connectivity index (χ4v) is 4.28. The van der Waals surface area contributed by atoms with Gasteiger partial charge in [0.2, 0.25) is 11.8 Å². The fourth-order valence-electron chi connectivity index (χ4n) is 4.28. The maximum absolute atomic E-state index is 13.2. The number of benzene rings is 2. The molecule has 2 aliphatic heterocycles. The summed E-state index contributed by atoms with van der Waals surface area (Å²) in [4.78, 5) is 31.1. The molecule has 1 fully saturated rings. The van der Waals surface area contributed by atoms with E-state index in [2.05, 4.69) is 4.90 Å². The maximum atomic E-state index is 13.2. The van der Waals surface area contributed by atoms with Crippen LogP contribution in [0.4, 0.5) is 10.1 Å². The average Bonchev–Trinajstić information content (AvgIpc) is 3.01. The molecule has 156 valence electrons. The van der Waals surface area contributed by atoms with Crippen molar-refractivity contribution < 1.29 is 14.0 Å². The van der Waals surface area contributed by atoms with E-state index in [1.807, 2.05) is 35.2 Å². The molecule has 0 aromatic heterocycles. The Labute approximate surface area is 176 Å². The monoisotopic (exact) mass is 407 g/mol. The molecule has 0 saturated carbocycles. The van der Waals surface area contributed by atoms with Gasteiger partial charge in [-0.25, -0.2) is 4.39 Å². The molecule has 2 aliphatic rings. The van der Waals surface area contributed by atoms with E-state index >= 15 is 0 Å². The molecule has 0 spiro atoms. The van der Waals surface area contributed by atoms with E-state index in [1.165, 1.54) is 19.1 Å². The zero-order chi connectivity index (χ0) is 21.1. The lowest BCUT2D eigenvalue weighted by atomic mass is 9.93. The first-order valence-corrected chi connectivity index (χ1v) is 10.4. The van der Waals surface area contributed by atoms with Crippen LogP contribution in [0.2, 0.25) is 0 Å². The molecule has 6 heteroatoms. The van der Waals surface area contributed by atoms with Crippen LogP contribution in [0.5, 0.6) is 0 Å². The molecule has 2 heterocycles. The number of carbonyl (C=O) groups excluding carboxylic acids is 2. The van der Waals surface area contributed by atoms with Gasteiger partial charge in [0.05, 0.1) is 12.5 Å². The van der Waals surface area contributed by atoms with E-state index in [9.17, 15) is 14.0 Å².